The summed E-state index contributed by atoms with van der Waals surface area (Å²) >= 11 is 0. The minimum atomic E-state index is 0.815. The highest BCUT2D eigenvalue weighted by Crippen LogP contribution is 1.95. The van der Waals surface area contributed by atoms with E-state index in [2.05, 4.69) is 16.8 Å². The van der Waals surface area contributed by atoms with Crippen molar-refractivity contribution < 1.29 is 4.74 Å². The maximum absolute atomic E-state index is 5.48. The maximum Gasteiger partial charge on any atom is 0.0593 e. The second kappa shape index (κ2) is 7.97. The average molecular weight is 198 g/mol. The van der Waals surface area contributed by atoms with Crippen LogP contribution in [0.2, 0.25) is 0 Å². The van der Waals surface area contributed by atoms with Crippen LogP contribution in [-0.2, 0) is 4.74 Å². The van der Waals surface area contributed by atoms with Crippen molar-refractivity contribution in [1.82, 2.24) is 10.2 Å². The predicted octanol–water partition coefficient (Wildman–Crippen LogP) is 0.874. The second-order valence-corrected chi connectivity index (χ2v) is 3.63. The molecule has 1 fully saturated rings. The van der Waals surface area contributed by atoms with Crippen LogP contribution < -0.4 is 5.32 Å². The monoisotopic (exact) mass is 198 g/mol. The van der Waals surface area contributed by atoms with Crippen molar-refractivity contribution in [2.75, 3.05) is 45.9 Å². The zero-order valence-electron chi connectivity index (χ0n) is 9.00. The molecule has 0 unspecified atom stereocenters. The van der Waals surface area contributed by atoms with E-state index in [-0.39, 0.29) is 0 Å². The van der Waals surface area contributed by atoms with Crippen LogP contribution in [0.15, 0.2) is 12.7 Å². The Bertz CT molecular complexity index is 142. The summed E-state index contributed by atoms with van der Waals surface area (Å²) in [4.78, 5) is 2.47. The highest BCUT2D eigenvalue weighted by atomic mass is 16.5. The SMILES string of the molecule is C=CCCOCCN1CCCNCC1. The van der Waals surface area contributed by atoms with Gasteiger partial charge in [-0.15, -0.1) is 6.58 Å². The first-order valence-corrected chi connectivity index (χ1v) is 5.55. The lowest BCUT2D eigenvalue weighted by molar-refractivity contribution is 0.109. The van der Waals surface area contributed by atoms with Gasteiger partial charge in [-0.1, -0.05) is 6.08 Å². The Morgan fingerprint density at radius 2 is 2.21 bits per heavy atom. The highest BCUT2D eigenvalue weighted by molar-refractivity contribution is 4.66. The van der Waals surface area contributed by atoms with Crippen LogP contribution in [-0.4, -0.2) is 50.8 Å². The number of rotatable bonds is 6. The van der Waals surface area contributed by atoms with Crippen LogP contribution in [0.5, 0.6) is 0 Å². The highest BCUT2D eigenvalue weighted by Gasteiger charge is 2.07. The van der Waals surface area contributed by atoms with Gasteiger partial charge in [0.15, 0.2) is 0 Å². The molecule has 1 aliphatic heterocycles. The second-order valence-electron chi connectivity index (χ2n) is 3.63. The maximum atomic E-state index is 5.48. The topological polar surface area (TPSA) is 24.5 Å². The molecule has 0 aromatic heterocycles. The van der Waals surface area contributed by atoms with E-state index in [1.54, 1.807) is 0 Å². The minimum absolute atomic E-state index is 0.815. The average Bonchev–Trinajstić information content (AvgIpc) is 2.46. The van der Waals surface area contributed by atoms with Crippen LogP contribution >= 0.6 is 0 Å². The molecule has 3 heteroatoms. The predicted molar refractivity (Wildman–Crippen MR) is 59.6 cm³/mol. The number of ether oxygens (including phenoxy) is 1. The molecule has 0 bridgehead atoms. The fourth-order valence-electron chi connectivity index (χ4n) is 1.59. The van der Waals surface area contributed by atoms with Gasteiger partial charge < -0.3 is 10.1 Å². The lowest BCUT2D eigenvalue weighted by Crippen LogP contribution is -2.31. The Balaban J connectivity index is 1.96. The van der Waals surface area contributed by atoms with Gasteiger partial charge >= 0.3 is 0 Å². The molecule has 1 rings (SSSR count). The standard InChI is InChI=1S/C11H22N2O/c1-2-3-10-14-11-9-13-7-4-5-12-6-8-13/h2,12H,1,3-11H2. The van der Waals surface area contributed by atoms with Crippen LogP contribution in [0.25, 0.3) is 0 Å². The Hall–Kier alpha value is -0.380. The number of nitrogens with one attached hydrogen (secondary N) is 1. The third-order valence-corrected chi connectivity index (χ3v) is 2.45. The summed E-state index contributed by atoms with van der Waals surface area (Å²) in [6, 6.07) is 0. The van der Waals surface area contributed by atoms with E-state index in [4.69, 9.17) is 4.74 Å². The van der Waals surface area contributed by atoms with Crippen molar-refractivity contribution in [3.8, 4) is 0 Å². The zero-order valence-corrected chi connectivity index (χ0v) is 9.00. The fourth-order valence-corrected chi connectivity index (χ4v) is 1.59. The van der Waals surface area contributed by atoms with E-state index in [9.17, 15) is 0 Å². The van der Waals surface area contributed by atoms with Crippen LogP contribution in [0, 0.1) is 0 Å². The summed E-state index contributed by atoms with van der Waals surface area (Å²) in [5.74, 6) is 0. The molecule has 0 aromatic rings. The molecular weight excluding hydrogens is 176 g/mol. The molecule has 0 spiro atoms. The molecule has 0 saturated carbocycles. The smallest absolute Gasteiger partial charge is 0.0593 e. The first-order valence-electron chi connectivity index (χ1n) is 5.55. The van der Waals surface area contributed by atoms with Gasteiger partial charge in [0, 0.05) is 19.6 Å². The first-order chi connectivity index (χ1) is 6.93. The number of nitrogens with zero attached hydrogens (tertiary/aromatic N) is 1. The van der Waals surface area contributed by atoms with Crippen molar-refractivity contribution in [3.63, 3.8) is 0 Å². The van der Waals surface area contributed by atoms with Crippen molar-refractivity contribution in [2.24, 2.45) is 0 Å². The number of hydrogen-bond acceptors (Lipinski definition) is 3. The summed E-state index contributed by atoms with van der Waals surface area (Å²) in [6.07, 6.45) is 4.12. The molecule has 1 N–H and O–H groups in total. The van der Waals surface area contributed by atoms with Gasteiger partial charge in [0.25, 0.3) is 0 Å². The molecule has 14 heavy (non-hydrogen) atoms. The summed E-state index contributed by atoms with van der Waals surface area (Å²) in [5, 5.41) is 3.39. The summed E-state index contributed by atoms with van der Waals surface area (Å²) in [6.45, 7) is 11.0. The molecule has 0 aliphatic carbocycles. The van der Waals surface area contributed by atoms with E-state index in [0.717, 1.165) is 45.8 Å². The molecule has 0 radical (unpaired) electrons. The lowest BCUT2D eigenvalue weighted by atomic mass is 10.4. The van der Waals surface area contributed by atoms with Gasteiger partial charge in [0.2, 0.25) is 0 Å². The van der Waals surface area contributed by atoms with Gasteiger partial charge in [0.05, 0.1) is 13.2 Å². The first kappa shape index (κ1) is 11.7. The van der Waals surface area contributed by atoms with Crippen LogP contribution in [0.4, 0.5) is 0 Å². The minimum Gasteiger partial charge on any atom is -0.380 e. The largest absolute Gasteiger partial charge is 0.380 e. The van der Waals surface area contributed by atoms with Crippen molar-refractivity contribution in [3.05, 3.63) is 12.7 Å². The summed E-state index contributed by atoms with van der Waals surface area (Å²) < 4.78 is 5.48. The van der Waals surface area contributed by atoms with Gasteiger partial charge in [-0.2, -0.15) is 0 Å². The van der Waals surface area contributed by atoms with Crippen LogP contribution in [0.1, 0.15) is 12.8 Å². The summed E-state index contributed by atoms with van der Waals surface area (Å²) in [7, 11) is 0. The molecular formula is C11H22N2O. The Morgan fingerprint density at radius 3 is 3.07 bits per heavy atom. The van der Waals surface area contributed by atoms with Crippen LogP contribution in [0.3, 0.4) is 0 Å². The third kappa shape index (κ3) is 5.37. The van der Waals surface area contributed by atoms with Gasteiger partial charge in [0.1, 0.15) is 0 Å². The molecule has 3 nitrogen and oxygen atoms in total. The third-order valence-electron chi connectivity index (χ3n) is 2.45. The van der Waals surface area contributed by atoms with Crippen molar-refractivity contribution in [1.29, 1.82) is 0 Å². The zero-order chi connectivity index (χ0) is 10.1. The Labute approximate surface area is 87.1 Å². The lowest BCUT2D eigenvalue weighted by Gasteiger charge is -2.18. The molecule has 0 aromatic carbocycles. The van der Waals surface area contributed by atoms with Gasteiger partial charge in [-0.25, -0.2) is 0 Å². The quantitative estimate of drug-likeness (QED) is 0.506. The Kier molecular flexibility index (Phi) is 6.66. The van der Waals surface area contributed by atoms with E-state index in [0.29, 0.717) is 0 Å². The normalized spacial score (nSPS) is 19.1. The Morgan fingerprint density at radius 1 is 1.29 bits per heavy atom. The molecule has 0 atom stereocenters. The molecule has 1 heterocycles. The van der Waals surface area contributed by atoms with Gasteiger partial charge in [-0.3, -0.25) is 4.90 Å². The molecule has 1 saturated heterocycles. The number of hydrogen-bond donors (Lipinski definition) is 1. The van der Waals surface area contributed by atoms with E-state index < -0.39 is 0 Å². The van der Waals surface area contributed by atoms with E-state index in [1.807, 2.05) is 6.08 Å². The van der Waals surface area contributed by atoms with Gasteiger partial charge in [-0.05, 0) is 25.9 Å². The molecule has 1 aliphatic rings. The summed E-state index contributed by atoms with van der Waals surface area (Å²) in [5.41, 5.74) is 0. The van der Waals surface area contributed by atoms with E-state index in [1.165, 1.54) is 13.0 Å². The molecule has 82 valence electrons. The van der Waals surface area contributed by atoms with E-state index >= 15 is 0 Å². The van der Waals surface area contributed by atoms with Crippen molar-refractivity contribution >= 4 is 0 Å². The van der Waals surface area contributed by atoms with Crippen molar-refractivity contribution in [2.45, 2.75) is 12.8 Å². The fraction of sp³-hybridized carbons (Fsp3) is 0.818. The molecule has 0 amide bonds.